The lowest BCUT2D eigenvalue weighted by atomic mass is 10.0. The van der Waals surface area contributed by atoms with Gasteiger partial charge < -0.3 is 10.6 Å². The average Bonchev–Trinajstić information content (AvgIpc) is 2.55. The Hall–Kier alpha value is -2.21. The molecule has 23 heavy (non-hydrogen) atoms. The largest absolute Gasteiger partial charge is 0.368 e. The summed E-state index contributed by atoms with van der Waals surface area (Å²) in [6, 6.07) is 4.13. The summed E-state index contributed by atoms with van der Waals surface area (Å²) < 4.78 is 0. The van der Waals surface area contributed by atoms with Crippen LogP contribution in [0.5, 0.6) is 0 Å². The van der Waals surface area contributed by atoms with Crippen LogP contribution in [0.3, 0.4) is 0 Å². The van der Waals surface area contributed by atoms with Crippen molar-refractivity contribution in [1.82, 2.24) is 19.9 Å². The Morgan fingerprint density at radius 1 is 0.870 bits per heavy atom. The van der Waals surface area contributed by atoms with Gasteiger partial charge >= 0.3 is 0 Å². The van der Waals surface area contributed by atoms with E-state index in [0.717, 1.165) is 43.1 Å². The maximum Gasteiger partial charge on any atom is 0.219 e. The summed E-state index contributed by atoms with van der Waals surface area (Å²) in [5, 5.41) is 0. The van der Waals surface area contributed by atoms with Crippen molar-refractivity contribution in [1.29, 1.82) is 0 Å². The molecule has 1 fully saturated rings. The summed E-state index contributed by atoms with van der Waals surface area (Å²) in [7, 11) is 0. The molecular weight excluding hydrogens is 288 g/mol. The Balaban J connectivity index is 1.67. The summed E-state index contributed by atoms with van der Waals surface area (Å²) in [5.41, 5.74) is 7.68. The van der Waals surface area contributed by atoms with Crippen molar-refractivity contribution in [2.24, 2.45) is 0 Å². The van der Waals surface area contributed by atoms with E-state index in [-0.39, 0.29) is 11.5 Å². The fourth-order valence-corrected chi connectivity index (χ4v) is 2.84. The Kier molecular flexibility index (Phi) is 4.17. The third-order valence-corrected chi connectivity index (χ3v) is 4.31. The summed E-state index contributed by atoms with van der Waals surface area (Å²) >= 11 is 0. The number of pyridine rings is 1. The van der Waals surface area contributed by atoms with Crippen molar-refractivity contribution >= 4 is 11.8 Å². The normalized spacial score (nSPS) is 16.6. The van der Waals surface area contributed by atoms with E-state index in [1.807, 2.05) is 6.20 Å². The SMILES string of the molecule is CC(C)(C)N1CCN(c2ccc(-c3cnc(N)nc3)cn2)CC1. The van der Waals surface area contributed by atoms with Gasteiger partial charge in [0.1, 0.15) is 5.82 Å². The first-order chi connectivity index (χ1) is 10.9. The molecule has 0 aliphatic carbocycles. The second-order valence-corrected chi connectivity index (χ2v) is 6.88. The summed E-state index contributed by atoms with van der Waals surface area (Å²) in [6.45, 7) is 11.0. The van der Waals surface area contributed by atoms with Crippen molar-refractivity contribution in [3.8, 4) is 11.1 Å². The monoisotopic (exact) mass is 312 g/mol. The molecule has 3 rings (SSSR count). The van der Waals surface area contributed by atoms with Gasteiger partial charge in [0.25, 0.3) is 0 Å². The van der Waals surface area contributed by atoms with E-state index in [2.05, 4.69) is 57.7 Å². The van der Waals surface area contributed by atoms with Crippen LogP contribution < -0.4 is 10.6 Å². The molecule has 2 N–H and O–H groups in total. The van der Waals surface area contributed by atoms with Gasteiger partial charge in [-0.05, 0) is 32.9 Å². The van der Waals surface area contributed by atoms with Crippen molar-refractivity contribution in [3.63, 3.8) is 0 Å². The molecule has 2 aromatic rings. The van der Waals surface area contributed by atoms with Crippen LogP contribution in [0.25, 0.3) is 11.1 Å². The summed E-state index contributed by atoms with van der Waals surface area (Å²) in [4.78, 5) is 17.5. The standard InChI is InChI=1S/C17H24N6/c1-17(2,3)23-8-6-22(7-9-23)15-5-4-13(10-19-15)14-11-20-16(18)21-12-14/h4-5,10-12H,6-9H2,1-3H3,(H2,18,20,21). The van der Waals surface area contributed by atoms with E-state index in [4.69, 9.17) is 5.73 Å². The summed E-state index contributed by atoms with van der Waals surface area (Å²) in [6.07, 6.45) is 5.32. The van der Waals surface area contributed by atoms with Gasteiger partial charge in [0.15, 0.2) is 0 Å². The predicted molar refractivity (Wildman–Crippen MR) is 93.2 cm³/mol. The van der Waals surface area contributed by atoms with Crippen molar-refractivity contribution in [2.75, 3.05) is 36.8 Å². The smallest absolute Gasteiger partial charge is 0.219 e. The number of rotatable bonds is 2. The number of nitrogens with two attached hydrogens (primary N) is 1. The van der Waals surface area contributed by atoms with Gasteiger partial charge in [0.2, 0.25) is 5.95 Å². The minimum atomic E-state index is 0.235. The van der Waals surface area contributed by atoms with Gasteiger partial charge in [-0.1, -0.05) is 0 Å². The number of hydrogen-bond acceptors (Lipinski definition) is 6. The van der Waals surface area contributed by atoms with Crippen molar-refractivity contribution in [2.45, 2.75) is 26.3 Å². The molecule has 0 saturated carbocycles. The Labute approximate surface area is 137 Å². The quantitative estimate of drug-likeness (QED) is 0.915. The molecule has 2 aromatic heterocycles. The van der Waals surface area contributed by atoms with E-state index in [9.17, 15) is 0 Å². The van der Waals surface area contributed by atoms with Crippen LogP contribution in [0.4, 0.5) is 11.8 Å². The molecule has 0 aromatic carbocycles. The highest BCUT2D eigenvalue weighted by Crippen LogP contribution is 2.22. The lowest BCUT2D eigenvalue weighted by Gasteiger charge is -2.42. The molecule has 0 amide bonds. The van der Waals surface area contributed by atoms with Crippen molar-refractivity contribution in [3.05, 3.63) is 30.7 Å². The first-order valence-electron chi connectivity index (χ1n) is 7.97. The molecule has 0 spiro atoms. The molecule has 0 unspecified atom stereocenters. The van der Waals surface area contributed by atoms with E-state index >= 15 is 0 Å². The van der Waals surface area contributed by atoms with Gasteiger partial charge in [-0.2, -0.15) is 0 Å². The van der Waals surface area contributed by atoms with Crippen LogP contribution in [-0.2, 0) is 0 Å². The van der Waals surface area contributed by atoms with E-state index in [0.29, 0.717) is 0 Å². The minimum Gasteiger partial charge on any atom is -0.368 e. The van der Waals surface area contributed by atoms with Crippen LogP contribution in [0, 0.1) is 0 Å². The Morgan fingerprint density at radius 3 is 2.00 bits per heavy atom. The zero-order chi connectivity index (χ0) is 16.4. The van der Waals surface area contributed by atoms with Gasteiger partial charge in [-0.3, -0.25) is 4.90 Å². The maximum absolute atomic E-state index is 5.52. The second-order valence-electron chi connectivity index (χ2n) is 6.88. The molecule has 0 radical (unpaired) electrons. The molecule has 1 aliphatic heterocycles. The third kappa shape index (κ3) is 3.59. The van der Waals surface area contributed by atoms with E-state index in [1.54, 1.807) is 12.4 Å². The lowest BCUT2D eigenvalue weighted by Crippen LogP contribution is -2.53. The predicted octanol–water partition coefficient (Wildman–Crippen LogP) is 2.04. The highest BCUT2D eigenvalue weighted by molar-refractivity contribution is 5.62. The molecule has 6 nitrogen and oxygen atoms in total. The van der Waals surface area contributed by atoms with Crippen LogP contribution in [0.1, 0.15) is 20.8 Å². The minimum absolute atomic E-state index is 0.235. The number of nitrogens with zero attached hydrogens (tertiary/aromatic N) is 5. The van der Waals surface area contributed by atoms with Gasteiger partial charge in [0, 0.05) is 61.4 Å². The van der Waals surface area contributed by atoms with E-state index in [1.165, 1.54) is 0 Å². The molecule has 1 saturated heterocycles. The van der Waals surface area contributed by atoms with Crippen LogP contribution in [-0.4, -0.2) is 51.6 Å². The number of hydrogen-bond donors (Lipinski definition) is 1. The molecule has 6 heteroatoms. The Morgan fingerprint density at radius 2 is 1.48 bits per heavy atom. The molecule has 0 bridgehead atoms. The molecule has 122 valence electrons. The van der Waals surface area contributed by atoms with Crippen LogP contribution >= 0.6 is 0 Å². The van der Waals surface area contributed by atoms with E-state index < -0.39 is 0 Å². The zero-order valence-corrected chi connectivity index (χ0v) is 14.0. The number of nitrogen functional groups attached to an aromatic ring is 1. The number of anilines is 2. The third-order valence-electron chi connectivity index (χ3n) is 4.31. The molecule has 3 heterocycles. The second kappa shape index (κ2) is 6.12. The first-order valence-corrected chi connectivity index (χ1v) is 7.97. The van der Waals surface area contributed by atoms with Crippen molar-refractivity contribution < 1.29 is 0 Å². The topological polar surface area (TPSA) is 71.2 Å². The Bertz CT molecular complexity index is 636. The summed E-state index contributed by atoms with van der Waals surface area (Å²) in [5.74, 6) is 1.31. The number of piperazine rings is 1. The maximum atomic E-state index is 5.52. The fourth-order valence-electron chi connectivity index (χ4n) is 2.84. The van der Waals surface area contributed by atoms with Gasteiger partial charge in [0.05, 0.1) is 0 Å². The van der Waals surface area contributed by atoms with Gasteiger partial charge in [-0.25, -0.2) is 15.0 Å². The zero-order valence-electron chi connectivity index (χ0n) is 14.0. The average molecular weight is 312 g/mol. The van der Waals surface area contributed by atoms with Crippen LogP contribution in [0.2, 0.25) is 0 Å². The molecular formula is C17H24N6. The van der Waals surface area contributed by atoms with Gasteiger partial charge in [-0.15, -0.1) is 0 Å². The first kappa shape index (κ1) is 15.7. The van der Waals surface area contributed by atoms with Crippen LogP contribution in [0.15, 0.2) is 30.7 Å². The molecule has 1 aliphatic rings. The fraction of sp³-hybridized carbons (Fsp3) is 0.471. The highest BCUT2D eigenvalue weighted by atomic mass is 15.3. The highest BCUT2D eigenvalue weighted by Gasteiger charge is 2.26. The number of aromatic nitrogens is 3. The lowest BCUT2D eigenvalue weighted by molar-refractivity contribution is 0.128. The molecule has 0 atom stereocenters.